The molecule has 1 fully saturated rings. The summed E-state index contributed by atoms with van der Waals surface area (Å²) in [7, 11) is 3.82. The lowest BCUT2D eigenvalue weighted by Gasteiger charge is -2.20. The molecule has 0 radical (unpaired) electrons. The zero-order valence-electron chi connectivity index (χ0n) is 9.98. The smallest absolute Gasteiger partial charge is 0.265 e. The van der Waals surface area contributed by atoms with Gasteiger partial charge in [-0.25, -0.2) is 0 Å². The van der Waals surface area contributed by atoms with Crippen LogP contribution in [-0.4, -0.2) is 37.4 Å². The van der Waals surface area contributed by atoms with Gasteiger partial charge in [0.05, 0.1) is 0 Å². The molecule has 0 unspecified atom stereocenters. The van der Waals surface area contributed by atoms with Crippen molar-refractivity contribution < 1.29 is 9.26 Å². The summed E-state index contributed by atoms with van der Waals surface area (Å²) in [6, 6.07) is 0. The molecule has 0 aliphatic carbocycles. The molecule has 0 atom stereocenters. The summed E-state index contributed by atoms with van der Waals surface area (Å²) in [5.41, 5.74) is 0. The molecule has 1 saturated heterocycles. The van der Waals surface area contributed by atoms with Crippen LogP contribution in [0, 0.1) is 5.92 Å². The van der Waals surface area contributed by atoms with Crippen LogP contribution in [0.25, 0.3) is 0 Å². The molecule has 0 bridgehead atoms. The third-order valence-corrected chi connectivity index (χ3v) is 2.96. The Hall–Kier alpha value is -1.10. The number of rotatable bonds is 4. The van der Waals surface area contributed by atoms with E-state index in [1.807, 2.05) is 19.0 Å². The Morgan fingerprint density at radius 2 is 2.06 bits per heavy atom. The second-order valence-corrected chi connectivity index (χ2v) is 4.48. The fraction of sp³-hybridized carbons (Fsp3) is 0.818. The normalized spacial score (nSPS) is 17.6. The van der Waals surface area contributed by atoms with Gasteiger partial charge in [-0.1, -0.05) is 0 Å². The summed E-state index contributed by atoms with van der Waals surface area (Å²) in [4.78, 5) is 6.16. The van der Waals surface area contributed by atoms with E-state index in [2.05, 4.69) is 10.1 Å². The second kappa shape index (κ2) is 5.30. The molecule has 0 saturated carbocycles. The van der Waals surface area contributed by atoms with Crippen LogP contribution in [0.3, 0.4) is 0 Å². The maximum atomic E-state index is 5.33. The van der Waals surface area contributed by atoms with Crippen LogP contribution in [0.4, 0.5) is 5.95 Å². The van der Waals surface area contributed by atoms with Crippen molar-refractivity contribution >= 4 is 5.95 Å². The monoisotopic (exact) mass is 225 g/mol. The molecule has 90 valence electrons. The summed E-state index contributed by atoms with van der Waals surface area (Å²) in [5.74, 6) is 2.15. The molecule has 5 nitrogen and oxygen atoms in total. The predicted octanol–water partition coefficient (Wildman–Crippen LogP) is 1.49. The molecule has 5 heteroatoms. The number of ether oxygens (including phenoxy) is 1. The van der Waals surface area contributed by atoms with Crippen molar-refractivity contribution in [2.24, 2.45) is 5.92 Å². The average molecular weight is 225 g/mol. The lowest BCUT2D eigenvalue weighted by molar-refractivity contribution is 0.0634. The van der Waals surface area contributed by atoms with E-state index in [0.29, 0.717) is 5.95 Å². The van der Waals surface area contributed by atoms with Crippen molar-refractivity contribution in [3.63, 3.8) is 0 Å². The number of aromatic nitrogens is 2. The van der Waals surface area contributed by atoms with Crippen LogP contribution in [0.15, 0.2) is 4.52 Å². The van der Waals surface area contributed by atoms with Crippen LogP contribution in [0.5, 0.6) is 0 Å². The van der Waals surface area contributed by atoms with E-state index < -0.39 is 0 Å². The zero-order chi connectivity index (χ0) is 11.4. The van der Waals surface area contributed by atoms with Crippen LogP contribution in [0.1, 0.15) is 25.2 Å². The van der Waals surface area contributed by atoms with Gasteiger partial charge in [0.1, 0.15) is 0 Å². The van der Waals surface area contributed by atoms with E-state index in [9.17, 15) is 0 Å². The molecule has 1 aliphatic rings. The minimum atomic E-state index is 0.655. The molecule has 1 aromatic heterocycles. The van der Waals surface area contributed by atoms with Gasteiger partial charge in [0.2, 0.25) is 5.89 Å². The quantitative estimate of drug-likeness (QED) is 0.777. The summed E-state index contributed by atoms with van der Waals surface area (Å²) in [6.45, 7) is 1.80. The van der Waals surface area contributed by atoms with E-state index in [1.54, 1.807) is 0 Å². The molecule has 2 rings (SSSR count). The van der Waals surface area contributed by atoms with Crippen molar-refractivity contribution in [2.45, 2.75) is 25.7 Å². The minimum Gasteiger partial charge on any atom is -0.381 e. The molecule has 0 aromatic carbocycles. The fourth-order valence-corrected chi connectivity index (χ4v) is 1.89. The van der Waals surface area contributed by atoms with E-state index in [1.165, 1.54) is 0 Å². The largest absolute Gasteiger partial charge is 0.381 e. The standard InChI is InChI=1S/C11H19N3O2/c1-14(2)11-12-10(16-13-11)4-3-9-5-7-15-8-6-9/h9H,3-8H2,1-2H3. The Kier molecular flexibility index (Phi) is 3.77. The van der Waals surface area contributed by atoms with Gasteiger partial charge in [0.15, 0.2) is 0 Å². The lowest BCUT2D eigenvalue weighted by Crippen LogP contribution is -2.16. The second-order valence-electron chi connectivity index (χ2n) is 4.48. The molecular weight excluding hydrogens is 206 g/mol. The van der Waals surface area contributed by atoms with E-state index in [4.69, 9.17) is 9.26 Å². The molecule has 0 spiro atoms. The van der Waals surface area contributed by atoms with Gasteiger partial charge < -0.3 is 14.2 Å². The highest BCUT2D eigenvalue weighted by Gasteiger charge is 2.15. The first-order valence-corrected chi connectivity index (χ1v) is 5.83. The SMILES string of the molecule is CN(C)c1noc(CCC2CCOCC2)n1. The van der Waals surface area contributed by atoms with Gasteiger partial charge >= 0.3 is 0 Å². The number of nitrogens with zero attached hydrogens (tertiary/aromatic N) is 3. The van der Waals surface area contributed by atoms with E-state index in [-0.39, 0.29) is 0 Å². The Labute approximate surface area is 95.8 Å². The first-order chi connectivity index (χ1) is 7.75. The highest BCUT2D eigenvalue weighted by atomic mass is 16.5. The van der Waals surface area contributed by atoms with Crippen LogP contribution in [0.2, 0.25) is 0 Å². The molecule has 1 aromatic rings. The van der Waals surface area contributed by atoms with Gasteiger partial charge in [-0.2, -0.15) is 4.98 Å². The van der Waals surface area contributed by atoms with Gasteiger partial charge in [-0.3, -0.25) is 0 Å². The first-order valence-electron chi connectivity index (χ1n) is 5.83. The molecular formula is C11H19N3O2. The molecule has 0 amide bonds. The minimum absolute atomic E-state index is 0.655. The predicted molar refractivity (Wildman–Crippen MR) is 60.5 cm³/mol. The summed E-state index contributed by atoms with van der Waals surface area (Å²) >= 11 is 0. The van der Waals surface area contributed by atoms with E-state index in [0.717, 1.165) is 50.7 Å². The van der Waals surface area contributed by atoms with Gasteiger partial charge in [0.25, 0.3) is 5.95 Å². The van der Waals surface area contributed by atoms with Gasteiger partial charge in [0, 0.05) is 33.7 Å². The Morgan fingerprint density at radius 1 is 1.31 bits per heavy atom. The Balaban J connectivity index is 1.79. The fourth-order valence-electron chi connectivity index (χ4n) is 1.89. The Bertz CT molecular complexity index is 319. The third-order valence-electron chi connectivity index (χ3n) is 2.96. The third kappa shape index (κ3) is 2.95. The maximum absolute atomic E-state index is 5.33. The topological polar surface area (TPSA) is 51.4 Å². The Morgan fingerprint density at radius 3 is 2.69 bits per heavy atom. The summed E-state index contributed by atoms with van der Waals surface area (Å²) in [6.07, 6.45) is 4.33. The molecule has 16 heavy (non-hydrogen) atoms. The van der Waals surface area contributed by atoms with Crippen molar-refractivity contribution in [3.8, 4) is 0 Å². The lowest BCUT2D eigenvalue weighted by atomic mass is 9.95. The summed E-state index contributed by atoms with van der Waals surface area (Å²) in [5, 5.41) is 3.89. The molecule has 2 heterocycles. The number of anilines is 1. The number of aryl methyl sites for hydroxylation is 1. The number of hydrogen-bond donors (Lipinski definition) is 0. The molecule has 0 N–H and O–H groups in total. The maximum Gasteiger partial charge on any atom is 0.265 e. The van der Waals surface area contributed by atoms with Crippen molar-refractivity contribution in [1.29, 1.82) is 0 Å². The molecule has 1 aliphatic heterocycles. The van der Waals surface area contributed by atoms with Crippen LogP contribution in [-0.2, 0) is 11.2 Å². The average Bonchev–Trinajstić information content (AvgIpc) is 2.76. The van der Waals surface area contributed by atoms with Gasteiger partial charge in [-0.05, 0) is 30.3 Å². The first kappa shape index (κ1) is 11.4. The van der Waals surface area contributed by atoms with Crippen molar-refractivity contribution in [3.05, 3.63) is 5.89 Å². The summed E-state index contributed by atoms with van der Waals surface area (Å²) < 4.78 is 10.5. The zero-order valence-corrected chi connectivity index (χ0v) is 9.98. The highest BCUT2D eigenvalue weighted by molar-refractivity contribution is 5.23. The van der Waals surface area contributed by atoms with Crippen molar-refractivity contribution in [2.75, 3.05) is 32.2 Å². The van der Waals surface area contributed by atoms with Crippen molar-refractivity contribution in [1.82, 2.24) is 10.1 Å². The van der Waals surface area contributed by atoms with Gasteiger partial charge in [-0.15, -0.1) is 0 Å². The van der Waals surface area contributed by atoms with E-state index >= 15 is 0 Å². The number of hydrogen-bond acceptors (Lipinski definition) is 5. The highest BCUT2D eigenvalue weighted by Crippen LogP contribution is 2.20. The van der Waals surface area contributed by atoms with Crippen LogP contribution >= 0.6 is 0 Å². The van der Waals surface area contributed by atoms with Crippen LogP contribution < -0.4 is 4.90 Å².